The van der Waals surface area contributed by atoms with Crippen molar-refractivity contribution in [3.63, 3.8) is 0 Å². The minimum atomic E-state index is -3.47. The molecular formula is C20H33N3O3S. The molecule has 1 fully saturated rings. The molecular weight excluding hydrogens is 362 g/mol. The fourth-order valence-corrected chi connectivity index (χ4v) is 4.52. The number of benzene rings is 1. The number of carbonyl (C=O) groups is 1. The summed E-state index contributed by atoms with van der Waals surface area (Å²) in [4.78, 5) is 14.5. The second-order valence-corrected chi connectivity index (χ2v) is 9.80. The van der Waals surface area contributed by atoms with Crippen LogP contribution in [0.1, 0.15) is 46.1 Å². The number of nitrogens with zero attached hydrogens (tertiary/aromatic N) is 2. The molecule has 1 amide bonds. The normalized spacial score (nSPS) is 17.0. The SMILES string of the molecule is CCCc1ccc(S(=O)(=O)N2CCN(CC(=O)NC(C)(C)CC)CC2)cc1. The summed E-state index contributed by atoms with van der Waals surface area (Å²) in [7, 11) is -3.47. The number of carbonyl (C=O) groups excluding carboxylic acids is 1. The van der Waals surface area contributed by atoms with E-state index in [2.05, 4.69) is 12.2 Å². The maximum atomic E-state index is 12.8. The Labute approximate surface area is 164 Å². The zero-order valence-electron chi connectivity index (χ0n) is 17.0. The van der Waals surface area contributed by atoms with Gasteiger partial charge in [-0.05, 0) is 44.4 Å². The van der Waals surface area contributed by atoms with E-state index in [9.17, 15) is 13.2 Å². The second-order valence-electron chi connectivity index (χ2n) is 7.86. The van der Waals surface area contributed by atoms with Gasteiger partial charge in [0.2, 0.25) is 15.9 Å². The second kappa shape index (κ2) is 9.17. The summed E-state index contributed by atoms with van der Waals surface area (Å²) in [6.45, 7) is 10.4. The van der Waals surface area contributed by atoms with E-state index in [0.29, 0.717) is 37.6 Å². The molecule has 27 heavy (non-hydrogen) atoms. The molecule has 0 aromatic heterocycles. The van der Waals surface area contributed by atoms with Crippen molar-refractivity contribution in [1.29, 1.82) is 0 Å². The van der Waals surface area contributed by atoms with Gasteiger partial charge in [0.25, 0.3) is 0 Å². The van der Waals surface area contributed by atoms with Crippen molar-refractivity contribution in [1.82, 2.24) is 14.5 Å². The molecule has 0 bridgehead atoms. The van der Waals surface area contributed by atoms with E-state index in [1.54, 1.807) is 12.1 Å². The van der Waals surface area contributed by atoms with Crippen LogP contribution in [0.5, 0.6) is 0 Å². The molecule has 1 heterocycles. The number of amides is 1. The lowest BCUT2D eigenvalue weighted by Crippen LogP contribution is -2.53. The summed E-state index contributed by atoms with van der Waals surface area (Å²) in [5, 5.41) is 3.02. The fourth-order valence-electron chi connectivity index (χ4n) is 3.10. The summed E-state index contributed by atoms with van der Waals surface area (Å²) in [5.41, 5.74) is 0.939. The van der Waals surface area contributed by atoms with Crippen molar-refractivity contribution in [2.45, 2.75) is 57.4 Å². The smallest absolute Gasteiger partial charge is 0.243 e. The van der Waals surface area contributed by atoms with Crippen LogP contribution in [0, 0.1) is 0 Å². The van der Waals surface area contributed by atoms with Gasteiger partial charge in [0.15, 0.2) is 0 Å². The summed E-state index contributed by atoms with van der Waals surface area (Å²) in [6, 6.07) is 7.19. The van der Waals surface area contributed by atoms with Gasteiger partial charge >= 0.3 is 0 Å². The molecule has 0 spiro atoms. The Bertz CT molecular complexity index is 721. The van der Waals surface area contributed by atoms with E-state index in [1.807, 2.05) is 37.8 Å². The topological polar surface area (TPSA) is 69.7 Å². The molecule has 1 aromatic rings. The van der Waals surface area contributed by atoms with E-state index in [0.717, 1.165) is 24.8 Å². The molecule has 0 unspecified atom stereocenters. The van der Waals surface area contributed by atoms with E-state index in [4.69, 9.17) is 0 Å². The molecule has 1 saturated heterocycles. The fraction of sp³-hybridized carbons (Fsp3) is 0.650. The summed E-state index contributed by atoms with van der Waals surface area (Å²) in [5.74, 6) is -0.00956. The lowest BCUT2D eigenvalue weighted by atomic mass is 10.0. The third kappa shape index (κ3) is 6.02. The number of hydrogen-bond donors (Lipinski definition) is 1. The highest BCUT2D eigenvalue weighted by Gasteiger charge is 2.29. The van der Waals surface area contributed by atoms with Gasteiger partial charge in [-0.25, -0.2) is 8.42 Å². The minimum absolute atomic E-state index is 0.00956. The average Bonchev–Trinajstić information content (AvgIpc) is 2.62. The number of piperazine rings is 1. The zero-order valence-corrected chi connectivity index (χ0v) is 17.8. The monoisotopic (exact) mass is 395 g/mol. The van der Waals surface area contributed by atoms with Crippen LogP contribution in [-0.4, -0.2) is 61.8 Å². The molecule has 0 saturated carbocycles. The summed E-state index contributed by atoms with van der Waals surface area (Å²) < 4.78 is 27.2. The first kappa shape index (κ1) is 21.9. The van der Waals surface area contributed by atoms with Gasteiger partial charge in [-0.15, -0.1) is 0 Å². The van der Waals surface area contributed by atoms with Gasteiger partial charge < -0.3 is 5.32 Å². The van der Waals surface area contributed by atoms with Crippen LogP contribution < -0.4 is 5.32 Å². The highest BCUT2D eigenvalue weighted by atomic mass is 32.2. The van der Waals surface area contributed by atoms with Gasteiger partial charge in [-0.2, -0.15) is 4.31 Å². The van der Waals surface area contributed by atoms with Crippen LogP contribution in [0.2, 0.25) is 0 Å². The van der Waals surface area contributed by atoms with Crippen molar-refractivity contribution >= 4 is 15.9 Å². The number of sulfonamides is 1. The van der Waals surface area contributed by atoms with Crippen molar-refractivity contribution in [3.8, 4) is 0 Å². The summed E-state index contributed by atoms with van der Waals surface area (Å²) in [6.07, 6.45) is 2.86. The van der Waals surface area contributed by atoms with Crippen molar-refractivity contribution in [3.05, 3.63) is 29.8 Å². The highest BCUT2D eigenvalue weighted by molar-refractivity contribution is 7.89. The molecule has 152 valence electrons. The highest BCUT2D eigenvalue weighted by Crippen LogP contribution is 2.19. The number of hydrogen-bond acceptors (Lipinski definition) is 4. The molecule has 7 heteroatoms. The van der Waals surface area contributed by atoms with Gasteiger partial charge in [-0.3, -0.25) is 9.69 Å². The van der Waals surface area contributed by atoms with E-state index >= 15 is 0 Å². The molecule has 0 radical (unpaired) electrons. The molecule has 0 aliphatic carbocycles. The predicted octanol–water partition coefficient (Wildman–Crippen LogP) is 2.25. The van der Waals surface area contributed by atoms with Crippen LogP contribution in [-0.2, 0) is 21.2 Å². The first-order chi connectivity index (χ1) is 12.7. The van der Waals surface area contributed by atoms with Gasteiger partial charge in [0, 0.05) is 31.7 Å². The first-order valence-electron chi connectivity index (χ1n) is 9.80. The zero-order chi connectivity index (χ0) is 20.1. The molecule has 2 rings (SSSR count). The molecule has 0 atom stereocenters. The lowest BCUT2D eigenvalue weighted by Gasteiger charge is -2.34. The van der Waals surface area contributed by atoms with Crippen molar-refractivity contribution in [2.24, 2.45) is 0 Å². The summed E-state index contributed by atoms with van der Waals surface area (Å²) >= 11 is 0. The first-order valence-corrected chi connectivity index (χ1v) is 11.2. The standard InChI is InChI=1S/C20H33N3O3S/c1-5-7-17-8-10-18(11-9-17)27(25,26)23-14-12-22(13-15-23)16-19(24)21-20(3,4)6-2/h8-11H,5-7,12-16H2,1-4H3,(H,21,24). The van der Waals surface area contributed by atoms with Crippen LogP contribution in [0.25, 0.3) is 0 Å². The van der Waals surface area contributed by atoms with Crippen LogP contribution in [0.4, 0.5) is 0 Å². The Kier molecular flexibility index (Phi) is 7.42. The Morgan fingerprint density at radius 3 is 2.19 bits per heavy atom. The Morgan fingerprint density at radius 2 is 1.67 bits per heavy atom. The lowest BCUT2D eigenvalue weighted by molar-refractivity contribution is -0.124. The third-order valence-corrected chi connectivity index (χ3v) is 7.07. The van der Waals surface area contributed by atoms with Crippen LogP contribution >= 0.6 is 0 Å². The molecule has 1 aliphatic rings. The Balaban J connectivity index is 1.91. The quantitative estimate of drug-likeness (QED) is 0.733. The Hall–Kier alpha value is -1.44. The maximum Gasteiger partial charge on any atom is 0.243 e. The minimum Gasteiger partial charge on any atom is -0.350 e. The van der Waals surface area contributed by atoms with Crippen molar-refractivity contribution < 1.29 is 13.2 Å². The van der Waals surface area contributed by atoms with E-state index < -0.39 is 10.0 Å². The van der Waals surface area contributed by atoms with Gasteiger partial charge in [0.1, 0.15) is 0 Å². The van der Waals surface area contributed by atoms with E-state index in [1.165, 1.54) is 4.31 Å². The van der Waals surface area contributed by atoms with Gasteiger partial charge in [0.05, 0.1) is 11.4 Å². The molecule has 1 aliphatic heterocycles. The number of rotatable bonds is 8. The molecule has 6 nitrogen and oxygen atoms in total. The Morgan fingerprint density at radius 1 is 1.07 bits per heavy atom. The van der Waals surface area contributed by atoms with Crippen molar-refractivity contribution in [2.75, 3.05) is 32.7 Å². The third-order valence-electron chi connectivity index (χ3n) is 5.16. The van der Waals surface area contributed by atoms with E-state index in [-0.39, 0.29) is 11.4 Å². The van der Waals surface area contributed by atoms with Gasteiger partial charge in [-0.1, -0.05) is 32.4 Å². The molecule has 1 aromatic carbocycles. The average molecular weight is 396 g/mol. The predicted molar refractivity (Wildman–Crippen MR) is 108 cm³/mol. The van der Waals surface area contributed by atoms with Crippen LogP contribution in [0.15, 0.2) is 29.2 Å². The number of aryl methyl sites for hydroxylation is 1. The number of nitrogens with one attached hydrogen (secondary N) is 1. The van der Waals surface area contributed by atoms with Crippen LogP contribution in [0.3, 0.4) is 0 Å². The molecule has 1 N–H and O–H groups in total. The largest absolute Gasteiger partial charge is 0.350 e. The maximum absolute atomic E-state index is 12.8.